The van der Waals surface area contributed by atoms with Gasteiger partial charge >= 0.3 is 0 Å². The highest BCUT2D eigenvalue weighted by molar-refractivity contribution is 9.10. The van der Waals surface area contributed by atoms with Crippen LogP contribution in [0.4, 0.5) is 10.1 Å². The summed E-state index contributed by atoms with van der Waals surface area (Å²) < 4.78 is 15.5. The summed E-state index contributed by atoms with van der Waals surface area (Å²) in [5.74, 6) is -0.282. The summed E-state index contributed by atoms with van der Waals surface area (Å²) in [6.45, 7) is 3.43. The highest BCUT2D eigenvalue weighted by Gasteiger charge is 2.12. The number of rotatable bonds is 6. The predicted octanol–water partition coefficient (Wildman–Crippen LogP) is 3.31. The Balaban J connectivity index is 2.12. The first-order valence-corrected chi connectivity index (χ1v) is 7.37. The van der Waals surface area contributed by atoms with Gasteiger partial charge in [0.1, 0.15) is 5.82 Å². The zero-order valence-electron chi connectivity index (χ0n) is 11.3. The average molecular weight is 341 g/mol. The predicted molar refractivity (Wildman–Crippen MR) is 82.0 cm³/mol. The van der Waals surface area contributed by atoms with Gasteiger partial charge in [0, 0.05) is 30.5 Å². The normalized spacial score (nSPS) is 12.4. The molecule has 0 saturated heterocycles. The molecule has 1 heterocycles. The maximum Gasteiger partial charge on any atom is 0.137 e. The molecular weight excluding hydrogens is 323 g/mol. The van der Waals surface area contributed by atoms with Crippen molar-refractivity contribution in [2.24, 2.45) is 5.73 Å². The summed E-state index contributed by atoms with van der Waals surface area (Å²) in [6.07, 6.45) is 4.85. The molecule has 1 aromatic heterocycles. The Kier molecular flexibility index (Phi) is 5.14. The number of benzene rings is 1. The Morgan fingerprint density at radius 1 is 1.50 bits per heavy atom. The Morgan fingerprint density at radius 3 is 2.95 bits per heavy atom. The second-order valence-corrected chi connectivity index (χ2v) is 5.45. The van der Waals surface area contributed by atoms with Gasteiger partial charge in [-0.3, -0.25) is 4.68 Å². The van der Waals surface area contributed by atoms with E-state index in [1.807, 2.05) is 17.1 Å². The molecule has 1 aromatic carbocycles. The third kappa shape index (κ3) is 3.58. The number of aryl methyl sites for hydroxylation is 1. The molecule has 2 rings (SSSR count). The van der Waals surface area contributed by atoms with Gasteiger partial charge in [-0.05, 0) is 40.5 Å². The summed E-state index contributed by atoms with van der Waals surface area (Å²) in [6, 6.07) is 4.77. The van der Waals surface area contributed by atoms with E-state index in [1.165, 1.54) is 6.07 Å². The van der Waals surface area contributed by atoms with Gasteiger partial charge in [0.15, 0.2) is 0 Å². The minimum atomic E-state index is -0.282. The van der Waals surface area contributed by atoms with Crippen molar-refractivity contribution in [1.29, 1.82) is 0 Å². The summed E-state index contributed by atoms with van der Waals surface area (Å²) >= 11 is 3.18. The summed E-state index contributed by atoms with van der Waals surface area (Å²) in [5, 5.41) is 7.59. The Morgan fingerprint density at radius 2 is 2.30 bits per heavy atom. The minimum absolute atomic E-state index is 0.0435. The van der Waals surface area contributed by atoms with Gasteiger partial charge in [-0.15, -0.1) is 0 Å². The summed E-state index contributed by atoms with van der Waals surface area (Å²) in [5.41, 5.74) is 7.66. The van der Waals surface area contributed by atoms with E-state index in [-0.39, 0.29) is 11.9 Å². The molecule has 2 aromatic rings. The third-order valence-electron chi connectivity index (χ3n) is 3.00. The highest BCUT2D eigenvalue weighted by atomic mass is 79.9. The number of anilines is 1. The smallest absolute Gasteiger partial charge is 0.137 e. The quantitative estimate of drug-likeness (QED) is 0.848. The lowest BCUT2D eigenvalue weighted by Gasteiger charge is -2.17. The van der Waals surface area contributed by atoms with E-state index < -0.39 is 0 Å². The number of hydrogen-bond acceptors (Lipinski definition) is 3. The van der Waals surface area contributed by atoms with E-state index in [4.69, 9.17) is 5.73 Å². The average Bonchev–Trinajstić information content (AvgIpc) is 2.89. The topological polar surface area (TPSA) is 55.9 Å². The summed E-state index contributed by atoms with van der Waals surface area (Å²) in [7, 11) is 0. The van der Waals surface area contributed by atoms with Crippen LogP contribution in [0, 0.1) is 5.82 Å². The molecule has 0 bridgehead atoms. The fraction of sp³-hybridized carbons (Fsp3) is 0.357. The maximum atomic E-state index is 13.2. The first kappa shape index (κ1) is 15.0. The van der Waals surface area contributed by atoms with E-state index in [1.54, 1.807) is 12.1 Å². The zero-order valence-corrected chi connectivity index (χ0v) is 12.9. The van der Waals surface area contributed by atoms with Crippen LogP contribution in [0.15, 0.2) is 35.1 Å². The van der Waals surface area contributed by atoms with Crippen LogP contribution >= 0.6 is 15.9 Å². The standard InChI is InChI=1S/C14H18BrFN4/c1-2-5-20-9-10(8-18-20)14(7-17)19-11-3-4-13(16)12(15)6-11/h3-4,6,8-9,14,19H,2,5,7,17H2,1H3. The van der Waals surface area contributed by atoms with Crippen molar-refractivity contribution in [2.75, 3.05) is 11.9 Å². The van der Waals surface area contributed by atoms with Crippen LogP contribution in [0.3, 0.4) is 0 Å². The lowest BCUT2D eigenvalue weighted by molar-refractivity contribution is 0.601. The monoisotopic (exact) mass is 340 g/mol. The van der Waals surface area contributed by atoms with Crippen LogP contribution in [0.25, 0.3) is 0 Å². The second kappa shape index (κ2) is 6.85. The fourth-order valence-electron chi connectivity index (χ4n) is 1.98. The number of nitrogens with zero attached hydrogens (tertiary/aromatic N) is 2. The molecule has 20 heavy (non-hydrogen) atoms. The number of hydrogen-bond donors (Lipinski definition) is 2. The van der Waals surface area contributed by atoms with Crippen molar-refractivity contribution in [1.82, 2.24) is 9.78 Å². The lowest BCUT2D eigenvalue weighted by atomic mass is 10.1. The van der Waals surface area contributed by atoms with Crippen molar-refractivity contribution < 1.29 is 4.39 Å². The highest BCUT2D eigenvalue weighted by Crippen LogP contribution is 2.23. The fourth-order valence-corrected chi connectivity index (χ4v) is 2.36. The molecular formula is C14H18BrFN4. The molecule has 0 aliphatic rings. The van der Waals surface area contributed by atoms with Gasteiger partial charge in [0.05, 0.1) is 16.7 Å². The van der Waals surface area contributed by atoms with Crippen LogP contribution in [0.1, 0.15) is 24.9 Å². The molecule has 0 fully saturated rings. The molecule has 1 unspecified atom stereocenters. The first-order valence-electron chi connectivity index (χ1n) is 6.58. The molecule has 3 N–H and O–H groups in total. The van der Waals surface area contributed by atoms with Gasteiger partial charge in [-0.25, -0.2) is 4.39 Å². The number of nitrogens with two attached hydrogens (primary N) is 1. The first-order chi connectivity index (χ1) is 9.63. The number of halogens is 2. The van der Waals surface area contributed by atoms with Crippen LogP contribution in [-0.4, -0.2) is 16.3 Å². The molecule has 0 aliphatic carbocycles. The summed E-state index contributed by atoms with van der Waals surface area (Å²) in [4.78, 5) is 0. The third-order valence-corrected chi connectivity index (χ3v) is 3.61. The largest absolute Gasteiger partial charge is 0.377 e. The van der Waals surface area contributed by atoms with Crippen LogP contribution in [0.2, 0.25) is 0 Å². The number of aromatic nitrogens is 2. The van der Waals surface area contributed by atoms with Gasteiger partial charge < -0.3 is 11.1 Å². The van der Waals surface area contributed by atoms with Gasteiger partial charge in [0.2, 0.25) is 0 Å². The molecule has 0 radical (unpaired) electrons. The van der Waals surface area contributed by atoms with Crippen molar-refractivity contribution in [3.05, 3.63) is 46.4 Å². The van der Waals surface area contributed by atoms with E-state index in [0.717, 1.165) is 24.2 Å². The molecule has 0 amide bonds. The number of nitrogens with one attached hydrogen (secondary N) is 1. The van der Waals surface area contributed by atoms with Crippen molar-refractivity contribution in [3.63, 3.8) is 0 Å². The lowest BCUT2D eigenvalue weighted by Crippen LogP contribution is -2.20. The zero-order chi connectivity index (χ0) is 14.5. The minimum Gasteiger partial charge on any atom is -0.377 e. The van der Waals surface area contributed by atoms with Crippen LogP contribution < -0.4 is 11.1 Å². The van der Waals surface area contributed by atoms with Gasteiger partial charge in [0.25, 0.3) is 0 Å². The van der Waals surface area contributed by atoms with Crippen LogP contribution in [0.5, 0.6) is 0 Å². The van der Waals surface area contributed by atoms with Gasteiger partial charge in [-0.1, -0.05) is 6.92 Å². The van der Waals surface area contributed by atoms with Crippen molar-refractivity contribution in [3.8, 4) is 0 Å². The molecule has 108 valence electrons. The van der Waals surface area contributed by atoms with Crippen LogP contribution in [-0.2, 0) is 6.54 Å². The Labute approximate surface area is 126 Å². The van der Waals surface area contributed by atoms with Crippen molar-refractivity contribution >= 4 is 21.6 Å². The Bertz CT molecular complexity index is 570. The molecule has 4 nitrogen and oxygen atoms in total. The molecule has 1 atom stereocenters. The molecule has 0 saturated carbocycles. The second-order valence-electron chi connectivity index (χ2n) is 4.60. The molecule has 0 aliphatic heterocycles. The SMILES string of the molecule is CCCn1cc(C(CN)Nc2ccc(F)c(Br)c2)cn1. The molecule has 0 spiro atoms. The van der Waals surface area contributed by atoms with Crippen molar-refractivity contribution in [2.45, 2.75) is 25.9 Å². The van der Waals surface area contributed by atoms with Gasteiger partial charge in [-0.2, -0.15) is 5.10 Å². The van der Waals surface area contributed by atoms with E-state index >= 15 is 0 Å². The maximum absolute atomic E-state index is 13.2. The molecule has 6 heteroatoms. The Hall–Kier alpha value is -1.40. The van der Waals surface area contributed by atoms with E-state index in [2.05, 4.69) is 33.3 Å². The van der Waals surface area contributed by atoms with E-state index in [0.29, 0.717) is 11.0 Å². The van der Waals surface area contributed by atoms with E-state index in [9.17, 15) is 4.39 Å².